The first-order chi connectivity index (χ1) is 9.69. The summed E-state index contributed by atoms with van der Waals surface area (Å²) >= 11 is 0. The van der Waals surface area contributed by atoms with Crippen LogP contribution in [0.15, 0.2) is 24.3 Å². The normalized spacial score (nSPS) is 25.1. The maximum absolute atomic E-state index is 3.85. The van der Waals surface area contributed by atoms with Gasteiger partial charge in [0.15, 0.2) is 0 Å². The molecule has 2 rings (SSSR count). The van der Waals surface area contributed by atoms with Gasteiger partial charge in [0.2, 0.25) is 0 Å². The molecule has 0 bridgehead atoms. The Hall–Kier alpha value is -0.820. The molecule has 0 aromatic heterocycles. The molecule has 1 N–H and O–H groups in total. The molecule has 0 aliphatic heterocycles. The van der Waals surface area contributed by atoms with Gasteiger partial charge < -0.3 is 5.32 Å². The van der Waals surface area contributed by atoms with Crippen molar-refractivity contribution < 1.29 is 0 Å². The van der Waals surface area contributed by atoms with Crippen LogP contribution in [0.25, 0.3) is 0 Å². The van der Waals surface area contributed by atoms with Crippen molar-refractivity contribution >= 4 is 0 Å². The van der Waals surface area contributed by atoms with E-state index in [1.54, 1.807) is 0 Å². The second kappa shape index (κ2) is 7.83. The lowest BCUT2D eigenvalue weighted by atomic mass is 10.0. The highest BCUT2D eigenvalue weighted by Gasteiger charge is 2.18. The largest absolute Gasteiger partial charge is 0.307 e. The molecule has 0 amide bonds. The average molecular weight is 273 g/mol. The molecule has 20 heavy (non-hydrogen) atoms. The van der Waals surface area contributed by atoms with Crippen LogP contribution in [0.2, 0.25) is 0 Å². The molecule has 0 radical (unpaired) electrons. The zero-order valence-corrected chi connectivity index (χ0v) is 13.5. The molecule has 1 fully saturated rings. The van der Waals surface area contributed by atoms with Crippen LogP contribution in [0.3, 0.4) is 0 Å². The zero-order valence-electron chi connectivity index (χ0n) is 13.5. The molecule has 0 heterocycles. The Morgan fingerprint density at radius 2 is 1.85 bits per heavy atom. The van der Waals surface area contributed by atoms with Gasteiger partial charge in [0.05, 0.1) is 0 Å². The molecule has 1 aliphatic rings. The lowest BCUT2D eigenvalue weighted by Gasteiger charge is -2.22. The van der Waals surface area contributed by atoms with Gasteiger partial charge in [0.25, 0.3) is 0 Å². The fraction of sp³-hybridized carbons (Fsp3) is 0.684. The fourth-order valence-electron chi connectivity index (χ4n) is 3.37. The summed E-state index contributed by atoms with van der Waals surface area (Å²) in [5.41, 5.74) is 2.90. The van der Waals surface area contributed by atoms with Crippen LogP contribution in [-0.2, 0) is 6.42 Å². The Labute approximate surface area is 125 Å². The maximum Gasteiger partial charge on any atom is 0.0294 e. The number of aryl methyl sites for hydroxylation is 1. The van der Waals surface area contributed by atoms with Gasteiger partial charge in [-0.25, -0.2) is 0 Å². The topological polar surface area (TPSA) is 12.0 Å². The van der Waals surface area contributed by atoms with Crippen molar-refractivity contribution in [2.45, 2.75) is 77.8 Å². The predicted octanol–water partition coefficient (Wildman–Crippen LogP) is 5.26. The lowest BCUT2D eigenvalue weighted by molar-refractivity contribution is 0.408. The van der Waals surface area contributed by atoms with Crippen LogP contribution in [0.1, 0.15) is 76.5 Å². The summed E-state index contributed by atoms with van der Waals surface area (Å²) in [6.45, 7) is 6.95. The monoisotopic (exact) mass is 273 g/mol. The van der Waals surface area contributed by atoms with E-state index in [1.807, 2.05) is 0 Å². The first-order valence-corrected chi connectivity index (χ1v) is 8.54. The van der Waals surface area contributed by atoms with E-state index in [4.69, 9.17) is 0 Å². The summed E-state index contributed by atoms with van der Waals surface area (Å²) in [6, 6.07) is 10.4. The fourth-order valence-corrected chi connectivity index (χ4v) is 3.37. The summed E-state index contributed by atoms with van der Waals surface area (Å²) in [4.78, 5) is 0. The Kier molecular flexibility index (Phi) is 6.09. The van der Waals surface area contributed by atoms with Crippen LogP contribution in [0.4, 0.5) is 0 Å². The standard InChI is InChI=1S/C19H31N/c1-4-6-17-10-12-18(13-11-17)16(3)20-19-8-5-7-15(2)9-14-19/h10-13,15-16,19-20H,4-9,14H2,1-3H3. The third-order valence-corrected chi connectivity index (χ3v) is 4.76. The summed E-state index contributed by atoms with van der Waals surface area (Å²) in [5.74, 6) is 0.922. The molecule has 1 heteroatoms. The first kappa shape index (κ1) is 15.6. The van der Waals surface area contributed by atoms with E-state index in [9.17, 15) is 0 Å². The minimum atomic E-state index is 0.476. The second-order valence-electron chi connectivity index (χ2n) is 6.69. The molecular weight excluding hydrogens is 242 g/mol. The Balaban J connectivity index is 1.88. The number of hydrogen-bond donors (Lipinski definition) is 1. The molecule has 0 saturated heterocycles. The summed E-state index contributed by atoms with van der Waals surface area (Å²) < 4.78 is 0. The van der Waals surface area contributed by atoms with E-state index in [2.05, 4.69) is 50.4 Å². The van der Waals surface area contributed by atoms with E-state index in [0.29, 0.717) is 12.1 Å². The molecule has 3 atom stereocenters. The number of nitrogens with one attached hydrogen (secondary N) is 1. The molecule has 1 aromatic rings. The van der Waals surface area contributed by atoms with Gasteiger partial charge in [-0.15, -0.1) is 0 Å². The van der Waals surface area contributed by atoms with Crippen LogP contribution >= 0.6 is 0 Å². The number of rotatable bonds is 5. The quantitative estimate of drug-likeness (QED) is 0.722. The van der Waals surface area contributed by atoms with E-state index < -0.39 is 0 Å². The molecule has 1 nitrogen and oxygen atoms in total. The van der Waals surface area contributed by atoms with E-state index in [-0.39, 0.29) is 0 Å². The lowest BCUT2D eigenvalue weighted by Crippen LogP contribution is -2.31. The van der Waals surface area contributed by atoms with Crippen molar-refractivity contribution in [2.75, 3.05) is 0 Å². The second-order valence-corrected chi connectivity index (χ2v) is 6.69. The van der Waals surface area contributed by atoms with Crippen LogP contribution in [-0.4, -0.2) is 6.04 Å². The minimum absolute atomic E-state index is 0.476. The average Bonchev–Trinajstić information content (AvgIpc) is 2.65. The summed E-state index contributed by atoms with van der Waals surface area (Å²) in [5, 5.41) is 3.85. The van der Waals surface area contributed by atoms with Gasteiger partial charge in [-0.05, 0) is 49.7 Å². The van der Waals surface area contributed by atoms with Crippen molar-refractivity contribution in [2.24, 2.45) is 5.92 Å². The van der Waals surface area contributed by atoms with Crippen LogP contribution < -0.4 is 5.32 Å². The highest BCUT2D eigenvalue weighted by atomic mass is 14.9. The van der Waals surface area contributed by atoms with Crippen molar-refractivity contribution in [3.05, 3.63) is 35.4 Å². The smallest absolute Gasteiger partial charge is 0.0294 e. The third kappa shape index (κ3) is 4.63. The highest BCUT2D eigenvalue weighted by molar-refractivity contribution is 5.24. The van der Waals surface area contributed by atoms with Crippen molar-refractivity contribution in [1.29, 1.82) is 0 Å². The van der Waals surface area contributed by atoms with Gasteiger partial charge in [-0.2, -0.15) is 0 Å². The van der Waals surface area contributed by atoms with Gasteiger partial charge in [0.1, 0.15) is 0 Å². The predicted molar refractivity (Wildman–Crippen MR) is 88.0 cm³/mol. The molecule has 1 aromatic carbocycles. The van der Waals surface area contributed by atoms with Gasteiger partial charge in [0, 0.05) is 12.1 Å². The molecule has 3 unspecified atom stereocenters. The van der Waals surface area contributed by atoms with Gasteiger partial charge >= 0.3 is 0 Å². The first-order valence-electron chi connectivity index (χ1n) is 8.54. The van der Waals surface area contributed by atoms with Crippen molar-refractivity contribution in [3.8, 4) is 0 Å². The van der Waals surface area contributed by atoms with Gasteiger partial charge in [-0.1, -0.05) is 57.4 Å². The van der Waals surface area contributed by atoms with E-state index in [0.717, 1.165) is 5.92 Å². The molecule has 1 aliphatic carbocycles. The van der Waals surface area contributed by atoms with E-state index in [1.165, 1.54) is 56.1 Å². The zero-order chi connectivity index (χ0) is 14.4. The van der Waals surface area contributed by atoms with Crippen molar-refractivity contribution in [1.82, 2.24) is 5.32 Å². The van der Waals surface area contributed by atoms with E-state index >= 15 is 0 Å². The summed E-state index contributed by atoms with van der Waals surface area (Å²) in [7, 11) is 0. The SMILES string of the molecule is CCCc1ccc(C(C)NC2CCCC(C)CC2)cc1. The van der Waals surface area contributed by atoms with Crippen molar-refractivity contribution in [3.63, 3.8) is 0 Å². The van der Waals surface area contributed by atoms with Crippen LogP contribution in [0, 0.1) is 5.92 Å². The molecule has 1 saturated carbocycles. The number of hydrogen-bond acceptors (Lipinski definition) is 1. The Bertz CT molecular complexity index is 381. The Morgan fingerprint density at radius 3 is 2.55 bits per heavy atom. The minimum Gasteiger partial charge on any atom is -0.307 e. The third-order valence-electron chi connectivity index (χ3n) is 4.76. The Morgan fingerprint density at radius 1 is 1.10 bits per heavy atom. The van der Waals surface area contributed by atoms with Gasteiger partial charge in [-0.3, -0.25) is 0 Å². The van der Waals surface area contributed by atoms with Crippen LogP contribution in [0.5, 0.6) is 0 Å². The summed E-state index contributed by atoms with van der Waals surface area (Å²) in [6.07, 6.45) is 9.32. The molecule has 112 valence electrons. The molecular formula is C19H31N. The highest BCUT2D eigenvalue weighted by Crippen LogP contribution is 2.24. The molecule has 0 spiro atoms. The maximum atomic E-state index is 3.85. The number of benzene rings is 1.